The summed E-state index contributed by atoms with van der Waals surface area (Å²) in [6.07, 6.45) is 0. The van der Waals surface area contributed by atoms with Crippen LogP contribution in [0, 0.1) is 0 Å². The van der Waals surface area contributed by atoms with Crippen molar-refractivity contribution in [3.05, 3.63) is 64.7 Å². The summed E-state index contributed by atoms with van der Waals surface area (Å²) in [5.41, 5.74) is 2.24. The predicted octanol–water partition coefficient (Wildman–Crippen LogP) is 2.30. The maximum Gasteiger partial charge on any atom is 0.209 e. The van der Waals surface area contributed by atoms with Gasteiger partial charge in [-0.1, -0.05) is 53.7 Å². The molecule has 26 heavy (non-hydrogen) atoms. The largest absolute Gasteiger partial charge is 0.488 e. The van der Waals surface area contributed by atoms with E-state index in [1.165, 1.54) is 0 Å². The van der Waals surface area contributed by atoms with Crippen LogP contribution in [0.3, 0.4) is 0 Å². The molecule has 1 heterocycles. The first-order chi connectivity index (χ1) is 12.7. The Balaban J connectivity index is 1.50. The summed E-state index contributed by atoms with van der Waals surface area (Å²) >= 11 is 7.80. The highest BCUT2D eigenvalue weighted by molar-refractivity contribution is 7.99. The van der Waals surface area contributed by atoms with E-state index in [1.54, 1.807) is 16.4 Å². The number of thioether (sulfide) groups is 1. The summed E-state index contributed by atoms with van der Waals surface area (Å²) in [5, 5.41) is 15.2. The Morgan fingerprint density at radius 3 is 2.81 bits per heavy atom. The van der Waals surface area contributed by atoms with Crippen LogP contribution in [0.1, 0.15) is 11.1 Å². The summed E-state index contributed by atoms with van der Waals surface area (Å²) in [6, 6.07) is 15.9. The lowest BCUT2D eigenvalue weighted by atomic mass is 10.2. The molecule has 1 aromatic heterocycles. The molecule has 0 amide bonds. The van der Waals surface area contributed by atoms with Crippen molar-refractivity contribution >= 4 is 23.4 Å². The summed E-state index contributed by atoms with van der Waals surface area (Å²) < 4.78 is 7.67. The molecule has 2 aromatic carbocycles. The third kappa shape index (κ3) is 5.45. The fourth-order valence-corrected chi connectivity index (χ4v) is 3.40. The first-order valence-corrected chi connectivity index (χ1v) is 9.70. The molecule has 0 spiro atoms. The highest BCUT2D eigenvalue weighted by atomic mass is 35.5. The van der Waals surface area contributed by atoms with Crippen molar-refractivity contribution in [2.45, 2.75) is 18.3 Å². The summed E-state index contributed by atoms with van der Waals surface area (Å²) in [6.45, 7) is 2.30. The van der Waals surface area contributed by atoms with Crippen LogP contribution in [0.15, 0.2) is 53.7 Å². The lowest BCUT2D eigenvalue weighted by Crippen LogP contribution is -2.83. The van der Waals surface area contributed by atoms with E-state index in [9.17, 15) is 0 Å². The van der Waals surface area contributed by atoms with Crippen molar-refractivity contribution in [2.75, 3.05) is 12.3 Å². The van der Waals surface area contributed by atoms with Gasteiger partial charge in [-0.3, -0.25) is 0 Å². The van der Waals surface area contributed by atoms with E-state index in [4.69, 9.17) is 16.3 Å². The number of nitrogens with two attached hydrogens (primary N) is 1. The number of nitrogens with zero attached hydrogens (tertiary/aromatic N) is 4. The molecule has 8 heteroatoms. The van der Waals surface area contributed by atoms with Gasteiger partial charge in [0.2, 0.25) is 5.16 Å². The lowest BCUT2D eigenvalue weighted by molar-refractivity contribution is -0.666. The smallest absolute Gasteiger partial charge is 0.209 e. The van der Waals surface area contributed by atoms with E-state index in [-0.39, 0.29) is 0 Å². The zero-order valence-corrected chi connectivity index (χ0v) is 16.1. The molecular formula is C18H21ClN5OS+. The second-order valence-corrected chi connectivity index (χ2v) is 7.24. The van der Waals surface area contributed by atoms with Crippen molar-refractivity contribution in [2.24, 2.45) is 7.05 Å². The quantitative estimate of drug-likeness (QED) is 0.448. The fourth-order valence-electron chi connectivity index (χ4n) is 2.42. The number of aryl methyl sites for hydroxylation is 1. The second-order valence-electron chi connectivity index (χ2n) is 5.74. The molecule has 0 radical (unpaired) electrons. The Morgan fingerprint density at radius 2 is 2.04 bits per heavy atom. The zero-order chi connectivity index (χ0) is 18.2. The van der Waals surface area contributed by atoms with Gasteiger partial charge in [0.05, 0.1) is 12.3 Å². The molecule has 0 bridgehead atoms. The van der Waals surface area contributed by atoms with Gasteiger partial charge in [-0.2, -0.15) is 0 Å². The van der Waals surface area contributed by atoms with Crippen molar-refractivity contribution in [1.29, 1.82) is 0 Å². The van der Waals surface area contributed by atoms with Crippen molar-refractivity contribution in [3.8, 4) is 5.75 Å². The lowest BCUT2D eigenvalue weighted by Gasteiger charge is -2.11. The molecule has 0 saturated carbocycles. The van der Waals surface area contributed by atoms with Crippen LogP contribution < -0.4 is 10.1 Å². The molecule has 0 aliphatic carbocycles. The van der Waals surface area contributed by atoms with Gasteiger partial charge in [-0.25, -0.2) is 4.68 Å². The molecule has 0 aliphatic heterocycles. The maximum absolute atomic E-state index is 6.16. The van der Waals surface area contributed by atoms with E-state index < -0.39 is 0 Å². The van der Waals surface area contributed by atoms with Gasteiger partial charge >= 0.3 is 0 Å². The Labute approximate surface area is 161 Å². The summed E-state index contributed by atoms with van der Waals surface area (Å²) in [5.74, 6) is 1.80. The molecular weight excluding hydrogens is 370 g/mol. The van der Waals surface area contributed by atoms with E-state index in [0.717, 1.165) is 45.9 Å². The minimum absolute atomic E-state index is 0.546. The monoisotopic (exact) mass is 390 g/mol. The van der Waals surface area contributed by atoms with Crippen molar-refractivity contribution < 1.29 is 10.1 Å². The average Bonchev–Trinajstić information content (AvgIpc) is 3.06. The summed E-state index contributed by atoms with van der Waals surface area (Å²) in [4.78, 5) is 0. The van der Waals surface area contributed by atoms with Crippen LogP contribution in [0.4, 0.5) is 0 Å². The van der Waals surface area contributed by atoms with Crippen molar-refractivity contribution in [1.82, 2.24) is 20.2 Å². The number of rotatable bonds is 9. The Kier molecular flexibility index (Phi) is 6.88. The minimum Gasteiger partial charge on any atom is -0.488 e. The van der Waals surface area contributed by atoms with Crippen molar-refractivity contribution in [3.63, 3.8) is 0 Å². The van der Waals surface area contributed by atoms with Gasteiger partial charge < -0.3 is 10.1 Å². The van der Waals surface area contributed by atoms with E-state index in [0.29, 0.717) is 6.61 Å². The van der Waals surface area contributed by atoms with E-state index >= 15 is 0 Å². The number of quaternary nitrogens is 1. The average molecular weight is 391 g/mol. The molecule has 0 unspecified atom stereocenters. The molecule has 3 aromatic rings. The SMILES string of the molecule is Cn1nnnc1SCC[NH2+]Cc1cc(Cl)ccc1OCc1ccccc1. The van der Waals surface area contributed by atoms with Crippen LogP contribution >= 0.6 is 23.4 Å². The molecule has 0 aliphatic rings. The van der Waals surface area contributed by atoms with Gasteiger partial charge in [0.25, 0.3) is 0 Å². The first-order valence-electron chi connectivity index (χ1n) is 8.34. The van der Waals surface area contributed by atoms with Gasteiger partial charge in [0.1, 0.15) is 18.9 Å². The topological polar surface area (TPSA) is 69.4 Å². The number of ether oxygens (including phenoxy) is 1. The number of aromatic nitrogens is 4. The van der Waals surface area contributed by atoms with Crippen LogP contribution in [0.25, 0.3) is 0 Å². The number of hydrogen-bond donors (Lipinski definition) is 1. The molecule has 6 nitrogen and oxygen atoms in total. The number of benzene rings is 2. The van der Waals surface area contributed by atoms with E-state index in [1.807, 2.05) is 43.4 Å². The van der Waals surface area contributed by atoms with Crippen LogP contribution in [0.5, 0.6) is 5.75 Å². The standard InChI is InChI=1S/C18H20ClN5OS/c1-24-18(21-22-23-24)26-10-9-20-12-15-11-16(19)7-8-17(15)25-13-14-5-3-2-4-6-14/h2-8,11,20H,9-10,12-13H2,1H3/p+1. The predicted molar refractivity (Wildman–Crippen MR) is 102 cm³/mol. The molecule has 0 atom stereocenters. The molecule has 3 rings (SSSR count). The fraction of sp³-hybridized carbons (Fsp3) is 0.278. The second kappa shape index (κ2) is 9.56. The maximum atomic E-state index is 6.16. The normalized spacial score (nSPS) is 10.8. The third-order valence-electron chi connectivity index (χ3n) is 3.76. The molecule has 0 saturated heterocycles. The Morgan fingerprint density at radius 1 is 1.19 bits per heavy atom. The number of hydrogen-bond acceptors (Lipinski definition) is 5. The Hall–Kier alpha value is -2.09. The zero-order valence-electron chi connectivity index (χ0n) is 14.5. The van der Waals surface area contributed by atoms with Crippen LogP contribution in [-0.2, 0) is 20.2 Å². The van der Waals surface area contributed by atoms with E-state index in [2.05, 4.69) is 33.0 Å². The third-order valence-corrected chi connectivity index (χ3v) is 5.04. The summed E-state index contributed by atoms with van der Waals surface area (Å²) in [7, 11) is 1.84. The van der Waals surface area contributed by atoms with Gasteiger partial charge in [-0.05, 0) is 34.2 Å². The highest BCUT2D eigenvalue weighted by Crippen LogP contribution is 2.23. The molecule has 0 fully saturated rings. The van der Waals surface area contributed by atoms with Crippen LogP contribution in [-0.4, -0.2) is 32.5 Å². The van der Waals surface area contributed by atoms with Crippen LogP contribution in [0.2, 0.25) is 5.02 Å². The van der Waals surface area contributed by atoms with Gasteiger partial charge in [0.15, 0.2) is 0 Å². The van der Waals surface area contributed by atoms with Gasteiger partial charge in [-0.15, -0.1) is 5.10 Å². The number of halogens is 1. The number of tetrazole rings is 1. The molecule has 136 valence electrons. The minimum atomic E-state index is 0.546. The molecule has 2 N–H and O–H groups in total. The Bertz CT molecular complexity index is 827. The first kappa shape index (κ1) is 18.7. The van der Waals surface area contributed by atoms with Gasteiger partial charge in [0, 0.05) is 17.6 Å². The highest BCUT2D eigenvalue weighted by Gasteiger charge is 2.08.